The molecule has 5 aromatic rings. The number of hydrogen-bond acceptors (Lipinski definition) is 3. The number of ether oxygens (including phenoxy) is 2. The molecule has 1 saturated heterocycles. The molecule has 1 N–H and O–H groups in total. The van der Waals surface area contributed by atoms with E-state index in [9.17, 15) is 5.11 Å². The van der Waals surface area contributed by atoms with Crippen LogP contribution in [-0.2, 0) is 15.3 Å². The Morgan fingerprint density at radius 3 is 1.05 bits per heavy atom. The number of rotatable bonds is 10. The Bertz CT molecular complexity index is 1310. The van der Waals surface area contributed by atoms with Gasteiger partial charge in [-0.1, -0.05) is 152 Å². The highest BCUT2D eigenvalue weighted by Crippen LogP contribution is 2.47. The van der Waals surface area contributed by atoms with Crippen molar-refractivity contribution in [1.82, 2.24) is 0 Å². The van der Waals surface area contributed by atoms with Crippen LogP contribution in [0.5, 0.6) is 0 Å². The zero-order chi connectivity index (χ0) is 27.9. The van der Waals surface area contributed by atoms with E-state index in [0.717, 1.165) is 17.9 Å². The third-order valence-corrected chi connectivity index (χ3v) is 12.7. The van der Waals surface area contributed by atoms with Gasteiger partial charge in [-0.3, -0.25) is 0 Å². The molecule has 5 heteroatoms. The predicted molar refractivity (Wildman–Crippen MR) is 173 cm³/mol. The standard InChI is InChI=1S/C36H34O3P2/c37-28-36(29-16-6-1-7-17-29)38-34(26-40(30-18-8-2-9-19-30)31-20-10-3-11-21-31)35(39-36)27-41(32-22-12-4-13-23-32)33-24-14-5-15-25-33/h1-25,34-35,37H,26-28H2/t34-,35-/m0/s1. The maximum Gasteiger partial charge on any atom is 0.219 e. The molecule has 0 aromatic heterocycles. The van der Waals surface area contributed by atoms with Crippen LogP contribution < -0.4 is 21.2 Å². The number of hydrogen-bond donors (Lipinski definition) is 1. The zero-order valence-electron chi connectivity index (χ0n) is 22.9. The largest absolute Gasteiger partial charge is 0.390 e. The van der Waals surface area contributed by atoms with Gasteiger partial charge < -0.3 is 14.6 Å². The van der Waals surface area contributed by atoms with Gasteiger partial charge in [0.05, 0.1) is 12.2 Å². The van der Waals surface area contributed by atoms with Crippen molar-refractivity contribution in [2.75, 3.05) is 18.9 Å². The first kappa shape index (κ1) is 28.0. The van der Waals surface area contributed by atoms with Gasteiger partial charge in [-0.25, -0.2) is 0 Å². The average molecular weight is 577 g/mol. The Hall–Kier alpha value is -3.16. The smallest absolute Gasteiger partial charge is 0.219 e. The first-order valence-corrected chi connectivity index (χ1v) is 17.1. The van der Waals surface area contributed by atoms with E-state index in [1.165, 1.54) is 21.2 Å². The summed E-state index contributed by atoms with van der Waals surface area (Å²) in [5.41, 5.74) is 0.850. The summed E-state index contributed by atoms with van der Waals surface area (Å²) in [6.07, 6.45) is 1.20. The lowest BCUT2D eigenvalue weighted by atomic mass is 10.1. The molecule has 0 spiro atoms. The quantitative estimate of drug-likeness (QED) is 0.211. The predicted octanol–water partition coefficient (Wildman–Crippen LogP) is 5.88. The van der Waals surface area contributed by atoms with Crippen LogP contribution in [-0.4, -0.2) is 36.2 Å². The van der Waals surface area contributed by atoms with Gasteiger partial charge in [0.25, 0.3) is 0 Å². The summed E-state index contributed by atoms with van der Waals surface area (Å²) in [6.45, 7) is -0.243. The van der Waals surface area contributed by atoms with Gasteiger partial charge in [-0.15, -0.1) is 0 Å². The lowest BCUT2D eigenvalue weighted by Crippen LogP contribution is -2.33. The number of aliphatic hydroxyl groups excluding tert-OH is 1. The average Bonchev–Trinajstić information content (AvgIpc) is 3.43. The van der Waals surface area contributed by atoms with Crippen molar-refractivity contribution in [3.8, 4) is 0 Å². The van der Waals surface area contributed by atoms with Gasteiger partial charge in [0.15, 0.2) is 0 Å². The number of aliphatic hydroxyl groups is 1. The highest BCUT2D eigenvalue weighted by atomic mass is 31.1. The van der Waals surface area contributed by atoms with Crippen molar-refractivity contribution >= 4 is 37.1 Å². The maximum atomic E-state index is 10.8. The summed E-state index contributed by atoms with van der Waals surface area (Å²) in [4.78, 5) is 0. The Balaban J connectivity index is 1.40. The van der Waals surface area contributed by atoms with Gasteiger partial charge in [0.1, 0.15) is 6.61 Å². The van der Waals surface area contributed by atoms with Crippen LogP contribution in [0.1, 0.15) is 5.56 Å². The van der Waals surface area contributed by atoms with Crippen molar-refractivity contribution < 1.29 is 14.6 Å². The van der Waals surface area contributed by atoms with E-state index in [0.29, 0.717) is 0 Å². The minimum absolute atomic E-state index is 0.202. The molecular weight excluding hydrogens is 542 g/mol. The van der Waals surface area contributed by atoms with E-state index >= 15 is 0 Å². The van der Waals surface area contributed by atoms with Crippen LogP contribution in [0.25, 0.3) is 0 Å². The third-order valence-electron chi connectivity index (χ3n) is 7.52. The van der Waals surface area contributed by atoms with E-state index in [4.69, 9.17) is 9.47 Å². The van der Waals surface area contributed by atoms with Gasteiger partial charge in [0.2, 0.25) is 5.79 Å². The lowest BCUT2D eigenvalue weighted by molar-refractivity contribution is -0.205. The molecule has 206 valence electrons. The molecule has 0 unspecified atom stereocenters. The fourth-order valence-corrected chi connectivity index (χ4v) is 10.4. The molecule has 0 saturated carbocycles. The highest BCUT2D eigenvalue weighted by molar-refractivity contribution is 7.73. The highest BCUT2D eigenvalue weighted by Gasteiger charge is 2.50. The van der Waals surface area contributed by atoms with Crippen molar-refractivity contribution in [3.63, 3.8) is 0 Å². The Morgan fingerprint density at radius 2 is 0.756 bits per heavy atom. The molecule has 0 bridgehead atoms. The molecule has 2 atom stereocenters. The maximum absolute atomic E-state index is 10.8. The van der Waals surface area contributed by atoms with Crippen molar-refractivity contribution in [2.24, 2.45) is 0 Å². The number of benzene rings is 5. The summed E-state index contributed by atoms with van der Waals surface area (Å²) >= 11 is 0. The summed E-state index contributed by atoms with van der Waals surface area (Å²) < 4.78 is 13.8. The normalized spacial score (nSPS) is 18.1. The Morgan fingerprint density at radius 1 is 0.463 bits per heavy atom. The first-order valence-electron chi connectivity index (χ1n) is 14.0. The molecule has 0 aliphatic carbocycles. The van der Waals surface area contributed by atoms with Crippen LogP contribution in [0.4, 0.5) is 0 Å². The molecular formula is C36H34O3P2. The van der Waals surface area contributed by atoms with Crippen LogP contribution in [0.2, 0.25) is 0 Å². The molecule has 3 nitrogen and oxygen atoms in total. The van der Waals surface area contributed by atoms with Crippen LogP contribution in [0.15, 0.2) is 152 Å². The van der Waals surface area contributed by atoms with Gasteiger partial charge >= 0.3 is 0 Å². The zero-order valence-corrected chi connectivity index (χ0v) is 24.7. The monoisotopic (exact) mass is 576 g/mol. The van der Waals surface area contributed by atoms with Gasteiger partial charge in [0, 0.05) is 17.9 Å². The van der Waals surface area contributed by atoms with Crippen molar-refractivity contribution in [1.29, 1.82) is 0 Å². The second kappa shape index (κ2) is 13.2. The van der Waals surface area contributed by atoms with Gasteiger partial charge in [-0.05, 0) is 37.1 Å². The van der Waals surface area contributed by atoms with E-state index < -0.39 is 21.6 Å². The second-order valence-electron chi connectivity index (χ2n) is 10.2. The van der Waals surface area contributed by atoms with E-state index in [2.05, 4.69) is 121 Å². The first-order chi connectivity index (χ1) is 20.3. The molecule has 0 amide bonds. The molecule has 5 aromatic carbocycles. The summed E-state index contributed by atoms with van der Waals surface area (Å²) in [6, 6.07) is 52.9. The van der Waals surface area contributed by atoms with Gasteiger partial charge in [-0.2, -0.15) is 0 Å². The minimum Gasteiger partial charge on any atom is -0.390 e. The molecule has 41 heavy (non-hydrogen) atoms. The van der Waals surface area contributed by atoms with Crippen molar-refractivity contribution in [2.45, 2.75) is 18.0 Å². The summed E-state index contributed by atoms with van der Waals surface area (Å²) in [5.74, 6) is -1.20. The molecule has 6 rings (SSSR count). The molecule has 1 fully saturated rings. The molecule has 1 aliphatic heterocycles. The SMILES string of the molecule is OCC1(c2ccccc2)O[C@@H](CP(c2ccccc2)c2ccccc2)[C@H](CP(c2ccccc2)c2ccccc2)O1. The van der Waals surface area contributed by atoms with Crippen LogP contribution >= 0.6 is 15.8 Å². The summed E-state index contributed by atoms with van der Waals surface area (Å²) in [5, 5.41) is 16.0. The molecule has 0 radical (unpaired) electrons. The fourth-order valence-electron chi connectivity index (χ4n) is 5.48. The summed E-state index contributed by atoms with van der Waals surface area (Å²) in [7, 11) is -1.43. The van der Waals surface area contributed by atoms with Crippen LogP contribution in [0.3, 0.4) is 0 Å². The molecule has 1 heterocycles. The van der Waals surface area contributed by atoms with E-state index in [1.54, 1.807) is 0 Å². The fraction of sp³-hybridized carbons (Fsp3) is 0.167. The Labute approximate surface area is 245 Å². The van der Waals surface area contributed by atoms with E-state index in [1.807, 2.05) is 30.3 Å². The lowest BCUT2D eigenvalue weighted by Gasteiger charge is -2.27. The minimum atomic E-state index is -1.20. The molecule has 1 aliphatic rings. The van der Waals surface area contributed by atoms with Crippen LogP contribution in [0, 0.1) is 0 Å². The third kappa shape index (κ3) is 6.36. The Kier molecular flexibility index (Phi) is 9.02. The van der Waals surface area contributed by atoms with Crippen molar-refractivity contribution in [3.05, 3.63) is 157 Å². The second-order valence-corrected chi connectivity index (χ2v) is 14.7. The topological polar surface area (TPSA) is 38.7 Å². The van der Waals surface area contributed by atoms with E-state index in [-0.39, 0.29) is 18.8 Å².